The van der Waals surface area contributed by atoms with Gasteiger partial charge in [-0.3, -0.25) is 4.99 Å². The summed E-state index contributed by atoms with van der Waals surface area (Å²) in [5.74, 6) is 3.66. The molecule has 0 saturated heterocycles. The van der Waals surface area contributed by atoms with E-state index in [-0.39, 0.29) is 0 Å². The third-order valence-electron chi connectivity index (χ3n) is 2.84. The highest BCUT2D eigenvalue weighted by Gasteiger charge is 1.98. The summed E-state index contributed by atoms with van der Waals surface area (Å²) in [6.07, 6.45) is 3.21. The lowest BCUT2D eigenvalue weighted by atomic mass is 10.3. The van der Waals surface area contributed by atoms with Gasteiger partial charge in [0.15, 0.2) is 5.96 Å². The molecule has 0 heterocycles. The second-order valence-corrected chi connectivity index (χ2v) is 5.54. The van der Waals surface area contributed by atoms with Crippen molar-refractivity contribution in [1.29, 1.82) is 0 Å². The quantitative estimate of drug-likeness (QED) is 0.393. The lowest BCUT2D eigenvalue weighted by molar-refractivity contribution is 0.321. The molecule has 0 aliphatic heterocycles. The maximum Gasteiger partial charge on any atom is 0.191 e. The van der Waals surface area contributed by atoms with E-state index in [0.29, 0.717) is 13.2 Å². The number of benzene rings is 1. The zero-order valence-electron chi connectivity index (χ0n) is 13.7. The maximum atomic E-state index is 5.67. The van der Waals surface area contributed by atoms with E-state index in [1.54, 1.807) is 7.11 Å². The molecule has 6 heteroatoms. The lowest BCUT2D eigenvalue weighted by Gasteiger charge is -2.12. The number of nitrogens with zero attached hydrogens (tertiary/aromatic N) is 1. The Morgan fingerprint density at radius 3 is 2.55 bits per heavy atom. The minimum atomic E-state index is 0.585. The zero-order valence-corrected chi connectivity index (χ0v) is 14.5. The molecule has 1 aromatic rings. The second kappa shape index (κ2) is 12.0. The van der Waals surface area contributed by atoms with E-state index in [1.165, 1.54) is 0 Å². The number of hydrogen-bond donors (Lipinski definition) is 2. The third-order valence-corrected chi connectivity index (χ3v) is 3.54. The van der Waals surface area contributed by atoms with Crippen molar-refractivity contribution in [3.05, 3.63) is 24.3 Å². The Balaban J connectivity index is 2.26. The first-order valence-corrected chi connectivity index (χ1v) is 8.97. The van der Waals surface area contributed by atoms with Crippen molar-refractivity contribution in [2.24, 2.45) is 4.99 Å². The van der Waals surface area contributed by atoms with Crippen molar-refractivity contribution < 1.29 is 9.47 Å². The van der Waals surface area contributed by atoms with E-state index in [4.69, 9.17) is 9.47 Å². The number of ether oxygens (including phenoxy) is 2. The summed E-state index contributed by atoms with van der Waals surface area (Å²) in [4.78, 5) is 4.53. The second-order valence-electron chi connectivity index (χ2n) is 4.56. The molecule has 1 rings (SSSR count). The van der Waals surface area contributed by atoms with Crippen molar-refractivity contribution in [2.75, 3.05) is 45.4 Å². The molecule has 0 aromatic heterocycles. The first-order valence-electron chi connectivity index (χ1n) is 7.58. The molecule has 0 saturated carbocycles. The predicted molar refractivity (Wildman–Crippen MR) is 95.5 cm³/mol. The fourth-order valence-electron chi connectivity index (χ4n) is 1.75. The van der Waals surface area contributed by atoms with Crippen LogP contribution in [0, 0.1) is 0 Å². The van der Waals surface area contributed by atoms with Crippen LogP contribution in [0.2, 0.25) is 0 Å². The average molecular weight is 325 g/mol. The molecule has 0 bridgehead atoms. The molecule has 0 atom stereocenters. The van der Waals surface area contributed by atoms with Gasteiger partial charge in [0.2, 0.25) is 0 Å². The van der Waals surface area contributed by atoms with Gasteiger partial charge < -0.3 is 20.1 Å². The molecular formula is C16H27N3O2S. The molecule has 124 valence electrons. The minimum Gasteiger partial charge on any atom is -0.497 e. The van der Waals surface area contributed by atoms with Gasteiger partial charge in [0.1, 0.15) is 18.1 Å². The molecule has 0 spiro atoms. The number of guanidine groups is 1. The summed E-state index contributed by atoms with van der Waals surface area (Å²) in [6, 6.07) is 7.58. The number of thioether (sulfide) groups is 1. The fraction of sp³-hybridized carbons (Fsp3) is 0.562. The Labute approximate surface area is 137 Å². The van der Waals surface area contributed by atoms with Crippen LogP contribution in [-0.2, 0) is 0 Å². The first-order chi connectivity index (χ1) is 10.8. The summed E-state index contributed by atoms with van der Waals surface area (Å²) in [7, 11) is 1.65. The van der Waals surface area contributed by atoms with Crippen molar-refractivity contribution in [2.45, 2.75) is 13.3 Å². The first kappa shape index (κ1) is 18.5. The molecule has 22 heavy (non-hydrogen) atoms. The molecule has 5 nitrogen and oxygen atoms in total. The van der Waals surface area contributed by atoms with E-state index in [0.717, 1.165) is 42.7 Å². The van der Waals surface area contributed by atoms with Gasteiger partial charge in [0.05, 0.1) is 13.7 Å². The van der Waals surface area contributed by atoms with Gasteiger partial charge in [-0.1, -0.05) is 0 Å². The van der Waals surface area contributed by atoms with Crippen LogP contribution in [0.15, 0.2) is 29.3 Å². The third kappa shape index (κ3) is 8.02. The van der Waals surface area contributed by atoms with Crippen LogP contribution in [-0.4, -0.2) is 51.3 Å². The molecule has 2 N–H and O–H groups in total. The van der Waals surface area contributed by atoms with Gasteiger partial charge in [0, 0.05) is 13.1 Å². The van der Waals surface area contributed by atoms with Crippen molar-refractivity contribution in [1.82, 2.24) is 10.6 Å². The number of hydrogen-bond acceptors (Lipinski definition) is 4. The van der Waals surface area contributed by atoms with Crippen molar-refractivity contribution in [3.8, 4) is 11.5 Å². The van der Waals surface area contributed by atoms with E-state index in [2.05, 4.69) is 28.8 Å². The van der Waals surface area contributed by atoms with Gasteiger partial charge in [0.25, 0.3) is 0 Å². The molecular weight excluding hydrogens is 298 g/mol. The van der Waals surface area contributed by atoms with Gasteiger partial charge in [-0.15, -0.1) is 0 Å². The van der Waals surface area contributed by atoms with Gasteiger partial charge in [-0.2, -0.15) is 11.8 Å². The normalized spacial score (nSPS) is 11.1. The van der Waals surface area contributed by atoms with Gasteiger partial charge in [-0.05, 0) is 49.6 Å². The molecule has 0 amide bonds. The predicted octanol–water partition coefficient (Wildman–Crippen LogP) is 2.38. The monoisotopic (exact) mass is 325 g/mol. The molecule has 0 aliphatic rings. The molecule has 1 aromatic carbocycles. The van der Waals surface area contributed by atoms with Crippen molar-refractivity contribution in [3.63, 3.8) is 0 Å². The average Bonchev–Trinajstić information content (AvgIpc) is 2.56. The number of rotatable bonds is 10. The molecule has 0 radical (unpaired) electrons. The van der Waals surface area contributed by atoms with Crippen LogP contribution in [0.4, 0.5) is 0 Å². The smallest absolute Gasteiger partial charge is 0.191 e. The van der Waals surface area contributed by atoms with Crippen LogP contribution in [0.1, 0.15) is 13.3 Å². The SMILES string of the molecule is CCNC(=NCCCSC)NCCOc1ccc(OC)cc1. The summed E-state index contributed by atoms with van der Waals surface area (Å²) in [5, 5.41) is 6.51. The highest BCUT2D eigenvalue weighted by Crippen LogP contribution is 2.16. The Morgan fingerprint density at radius 2 is 1.91 bits per heavy atom. The fourth-order valence-corrected chi connectivity index (χ4v) is 2.17. The number of nitrogens with one attached hydrogen (secondary N) is 2. The van der Waals surface area contributed by atoms with Gasteiger partial charge in [-0.25, -0.2) is 0 Å². The van der Waals surface area contributed by atoms with Crippen LogP contribution in [0.3, 0.4) is 0 Å². The van der Waals surface area contributed by atoms with Crippen molar-refractivity contribution >= 4 is 17.7 Å². The van der Waals surface area contributed by atoms with Crippen LogP contribution in [0.25, 0.3) is 0 Å². The summed E-state index contributed by atoms with van der Waals surface area (Å²) in [5.41, 5.74) is 0. The Morgan fingerprint density at radius 1 is 1.18 bits per heavy atom. The number of aliphatic imine (C=N–C) groups is 1. The molecule has 0 unspecified atom stereocenters. The summed E-state index contributed by atoms with van der Waals surface area (Å²) < 4.78 is 10.8. The molecule has 0 aliphatic carbocycles. The van der Waals surface area contributed by atoms with Crippen LogP contribution in [0.5, 0.6) is 11.5 Å². The highest BCUT2D eigenvalue weighted by atomic mass is 32.2. The number of methoxy groups -OCH3 is 1. The van der Waals surface area contributed by atoms with E-state index < -0.39 is 0 Å². The van der Waals surface area contributed by atoms with Gasteiger partial charge >= 0.3 is 0 Å². The summed E-state index contributed by atoms with van der Waals surface area (Å²) in [6.45, 7) is 5.05. The van der Waals surface area contributed by atoms with Crippen LogP contribution < -0.4 is 20.1 Å². The van der Waals surface area contributed by atoms with E-state index in [1.807, 2.05) is 36.0 Å². The van der Waals surface area contributed by atoms with E-state index >= 15 is 0 Å². The Bertz CT molecular complexity index is 424. The standard InChI is InChI=1S/C16H27N3O2S/c1-4-17-16(18-10-5-13-22-3)19-11-12-21-15-8-6-14(20-2)7-9-15/h6-9H,4-5,10-13H2,1-3H3,(H2,17,18,19). The largest absolute Gasteiger partial charge is 0.497 e. The summed E-state index contributed by atoms with van der Waals surface area (Å²) >= 11 is 1.85. The highest BCUT2D eigenvalue weighted by molar-refractivity contribution is 7.98. The zero-order chi connectivity index (χ0) is 16.0. The lowest BCUT2D eigenvalue weighted by Crippen LogP contribution is -2.39. The maximum absolute atomic E-state index is 5.67. The van der Waals surface area contributed by atoms with E-state index in [9.17, 15) is 0 Å². The van der Waals surface area contributed by atoms with Crippen LogP contribution >= 0.6 is 11.8 Å². The molecule has 0 fully saturated rings. The Hall–Kier alpha value is -1.56. The Kier molecular flexibility index (Phi) is 10.1. The topological polar surface area (TPSA) is 54.9 Å². The minimum absolute atomic E-state index is 0.585.